The molecule has 5 aromatic heterocycles. The number of benzene rings is 12. The second-order valence-corrected chi connectivity index (χ2v) is 20.4. The van der Waals surface area contributed by atoms with Crippen molar-refractivity contribution in [2.75, 3.05) is 0 Å². The molecule has 0 spiro atoms. The normalized spacial score (nSPS) is 12.1. The molecule has 12 aromatic carbocycles. The molecule has 0 aliphatic rings. The van der Waals surface area contributed by atoms with Crippen molar-refractivity contribution in [2.45, 2.75) is 0 Å². The van der Waals surface area contributed by atoms with Crippen LogP contribution in [0.25, 0.3) is 155 Å². The van der Waals surface area contributed by atoms with Gasteiger partial charge in [-0.1, -0.05) is 188 Å². The summed E-state index contributed by atoms with van der Waals surface area (Å²) in [5.74, 6) is 1.76. The smallest absolute Gasteiger partial charge is 0.238 e. The van der Waals surface area contributed by atoms with Crippen LogP contribution >= 0.6 is 0 Å². The molecule has 7 nitrogen and oxygen atoms in total. The van der Waals surface area contributed by atoms with Gasteiger partial charge in [0, 0.05) is 54.2 Å². The minimum atomic E-state index is 0.550. The van der Waals surface area contributed by atoms with Crippen LogP contribution in [-0.4, -0.2) is 33.2 Å². The summed E-state index contributed by atoms with van der Waals surface area (Å²) in [6.07, 6.45) is 0. The maximum Gasteiger partial charge on any atom is 0.238 e. The van der Waals surface area contributed by atoms with E-state index in [1.54, 1.807) is 0 Å². The van der Waals surface area contributed by atoms with E-state index in [-0.39, 0.29) is 0 Å². The van der Waals surface area contributed by atoms with E-state index in [4.69, 9.17) is 15.0 Å². The van der Waals surface area contributed by atoms with Crippen molar-refractivity contribution in [2.24, 2.45) is 0 Å². The monoisotopic (exact) mass is 993 g/mol. The van der Waals surface area contributed by atoms with Crippen molar-refractivity contribution in [1.29, 1.82) is 0 Å². The largest absolute Gasteiger partial charge is 0.309 e. The van der Waals surface area contributed by atoms with Gasteiger partial charge in [0.1, 0.15) is 0 Å². The van der Waals surface area contributed by atoms with Crippen molar-refractivity contribution in [3.63, 3.8) is 0 Å². The molecule has 0 radical (unpaired) electrons. The molecular weight excluding hydrogens is 951 g/mol. The van der Waals surface area contributed by atoms with Crippen LogP contribution in [0.15, 0.2) is 261 Å². The Balaban J connectivity index is 0.979. The van der Waals surface area contributed by atoms with Crippen LogP contribution in [0, 0.1) is 0 Å². The third kappa shape index (κ3) is 6.24. The van der Waals surface area contributed by atoms with E-state index in [1.165, 1.54) is 21.5 Å². The van der Waals surface area contributed by atoms with Gasteiger partial charge in [0.25, 0.3) is 0 Å². The Hall–Kier alpha value is -10.6. The highest BCUT2D eigenvalue weighted by atomic mass is 15.2. The summed E-state index contributed by atoms with van der Waals surface area (Å²) < 4.78 is 9.64. The lowest BCUT2D eigenvalue weighted by atomic mass is 10.1. The van der Waals surface area contributed by atoms with Gasteiger partial charge in [-0.05, 0) is 94.3 Å². The molecule has 0 aliphatic heterocycles. The first-order valence-corrected chi connectivity index (χ1v) is 26.5. The molecule has 362 valence electrons. The second kappa shape index (κ2) is 16.4. The topological polar surface area (TPSA) is 58.4 Å². The van der Waals surface area contributed by atoms with Gasteiger partial charge >= 0.3 is 0 Å². The fourth-order valence-corrected chi connectivity index (χ4v) is 12.7. The summed E-state index contributed by atoms with van der Waals surface area (Å²) >= 11 is 0. The van der Waals surface area contributed by atoms with Gasteiger partial charge in [0.2, 0.25) is 5.95 Å². The third-order valence-electron chi connectivity index (χ3n) is 16.1. The standard InChI is InChI=1S/C71H43N7/c1-3-19-46-39-48(35-33-44(46)17-1)69-72-70(49-36-34-45-18-2-4-20-47(45)40-49)74-71(73-69)78-64-31-15-9-25-57(64)58-37-38-66-67(68(58)78)59-26-10-16-32-65(59)77(66)52-42-50(75-60-27-11-5-21-53(60)54-22-6-12-28-61(54)75)41-51(43-52)76-62-29-13-7-23-55(62)56-24-8-14-30-63(56)76/h1-43H. The Morgan fingerprint density at radius 2 is 0.577 bits per heavy atom. The first-order chi connectivity index (χ1) is 38.7. The first-order valence-electron chi connectivity index (χ1n) is 26.5. The zero-order valence-electron chi connectivity index (χ0n) is 42.0. The highest BCUT2D eigenvalue weighted by Crippen LogP contribution is 2.44. The molecular formula is C71H43N7. The first kappa shape index (κ1) is 42.7. The number of hydrogen-bond donors (Lipinski definition) is 0. The van der Waals surface area contributed by atoms with Crippen molar-refractivity contribution in [3.05, 3.63) is 261 Å². The van der Waals surface area contributed by atoms with E-state index >= 15 is 0 Å². The summed E-state index contributed by atoms with van der Waals surface area (Å²) in [5, 5.41) is 13.9. The number of fused-ring (bicyclic) bond motifs is 15. The summed E-state index contributed by atoms with van der Waals surface area (Å²) in [6.45, 7) is 0. The van der Waals surface area contributed by atoms with Crippen LogP contribution in [0.5, 0.6) is 0 Å². The molecule has 0 bridgehead atoms. The van der Waals surface area contributed by atoms with Crippen LogP contribution in [0.1, 0.15) is 0 Å². The van der Waals surface area contributed by atoms with Gasteiger partial charge in [0.15, 0.2) is 11.6 Å². The average molecular weight is 994 g/mol. The van der Waals surface area contributed by atoms with Crippen molar-refractivity contribution in [3.8, 4) is 45.8 Å². The zero-order chi connectivity index (χ0) is 51.0. The molecule has 0 unspecified atom stereocenters. The van der Waals surface area contributed by atoms with E-state index in [0.29, 0.717) is 17.6 Å². The molecule has 17 aromatic rings. The fourth-order valence-electron chi connectivity index (χ4n) is 12.7. The summed E-state index contributed by atoms with van der Waals surface area (Å²) in [6, 6.07) is 94.2. The quantitative estimate of drug-likeness (QED) is 0.167. The van der Waals surface area contributed by atoms with Crippen LogP contribution in [-0.2, 0) is 0 Å². The van der Waals surface area contributed by atoms with Crippen LogP contribution in [0.2, 0.25) is 0 Å². The molecule has 5 heterocycles. The van der Waals surface area contributed by atoms with Crippen molar-refractivity contribution >= 4 is 109 Å². The van der Waals surface area contributed by atoms with E-state index in [2.05, 4.69) is 279 Å². The number of hydrogen-bond acceptors (Lipinski definition) is 3. The average Bonchev–Trinajstić information content (AvgIpc) is 4.35. The molecule has 0 amide bonds. The van der Waals surface area contributed by atoms with Gasteiger partial charge in [-0.3, -0.25) is 4.57 Å². The van der Waals surface area contributed by atoms with Crippen molar-refractivity contribution in [1.82, 2.24) is 33.2 Å². The Morgan fingerprint density at radius 3 is 1.03 bits per heavy atom. The minimum Gasteiger partial charge on any atom is -0.309 e. The molecule has 0 atom stereocenters. The molecule has 0 N–H and O–H groups in total. The highest BCUT2D eigenvalue weighted by Gasteiger charge is 2.25. The molecule has 7 heteroatoms. The Bertz CT molecular complexity index is 5020. The van der Waals surface area contributed by atoms with Gasteiger partial charge in [-0.2, -0.15) is 9.97 Å². The summed E-state index contributed by atoms with van der Waals surface area (Å²) in [7, 11) is 0. The lowest BCUT2D eigenvalue weighted by Gasteiger charge is -2.17. The SMILES string of the molecule is c1ccc2cc(-c3nc(-c4ccc5ccccc5c4)nc(-n4c5ccccc5c5ccc6c(c7ccccc7n6-c6cc(-n7c8ccccc8c8ccccc87)cc(-n7c8ccccc8c8ccccc87)c6)c54)n3)ccc2c1. The predicted octanol–water partition coefficient (Wildman–Crippen LogP) is 17.9. The lowest BCUT2D eigenvalue weighted by Crippen LogP contribution is -2.06. The molecule has 0 fully saturated rings. The lowest BCUT2D eigenvalue weighted by molar-refractivity contribution is 0.955. The maximum atomic E-state index is 5.50. The number of rotatable bonds is 6. The molecule has 0 saturated carbocycles. The van der Waals surface area contributed by atoms with Gasteiger partial charge in [-0.25, -0.2) is 4.98 Å². The van der Waals surface area contributed by atoms with Crippen LogP contribution in [0.4, 0.5) is 0 Å². The fraction of sp³-hybridized carbons (Fsp3) is 0. The van der Waals surface area contributed by atoms with Crippen LogP contribution in [0.3, 0.4) is 0 Å². The Morgan fingerprint density at radius 1 is 0.231 bits per heavy atom. The molecule has 0 saturated heterocycles. The third-order valence-corrected chi connectivity index (χ3v) is 16.1. The number of para-hydroxylation sites is 6. The number of aromatic nitrogens is 7. The highest BCUT2D eigenvalue weighted by molar-refractivity contribution is 6.26. The van der Waals surface area contributed by atoms with Gasteiger partial charge in [-0.15, -0.1) is 0 Å². The van der Waals surface area contributed by atoms with Gasteiger partial charge in [0.05, 0.1) is 61.2 Å². The zero-order valence-corrected chi connectivity index (χ0v) is 42.0. The minimum absolute atomic E-state index is 0.550. The Labute approximate surface area is 446 Å². The summed E-state index contributed by atoms with van der Waals surface area (Å²) in [4.78, 5) is 16.3. The van der Waals surface area contributed by atoms with E-state index in [0.717, 1.165) is 115 Å². The maximum absolute atomic E-state index is 5.50. The molecule has 17 rings (SSSR count). The van der Waals surface area contributed by atoms with E-state index < -0.39 is 0 Å². The van der Waals surface area contributed by atoms with E-state index in [1.807, 2.05) is 0 Å². The molecule has 78 heavy (non-hydrogen) atoms. The summed E-state index contributed by atoms with van der Waals surface area (Å²) in [5.41, 5.74) is 13.8. The Kier molecular flexibility index (Phi) is 9.00. The van der Waals surface area contributed by atoms with E-state index in [9.17, 15) is 0 Å². The number of nitrogens with zero attached hydrogens (tertiary/aromatic N) is 7. The van der Waals surface area contributed by atoms with Crippen molar-refractivity contribution < 1.29 is 0 Å². The van der Waals surface area contributed by atoms with Gasteiger partial charge < -0.3 is 13.7 Å². The molecule has 0 aliphatic carbocycles. The second-order valence-electron chi connectivity index (χ2n) is 20.4. The van der Waals surface area contributed by atoms with Crippen LogP contribution < -0.4 is 0 Å². The predicted molar refractivity (Wildman–Crippen MR) is 323 cm³/mol.